The number of carbonyl (C=O) groups excluding carboxylic acids is 2. The van der Waals surface area contributed by atoms with Crippen molar-refractivity contribution in [2.24, 2.45) is 0 Å². The zero-order valence-electron chi connectivity index (χ0n) is 14.3. The Morgan fingerprint density at radius 2 is 1.93 bits per heavy atom. The molecule has 27 heavy (non-hydrogen) atoms. The van der Waals surface area contributed by atoms with E-state index in [4.69, 9.17) is 4.74 Å². The molecule has 6 nitrogen and oxygen atoms in total. The maximum atomic E-state index is 12.6. The van der Waals surface area contributed by atoms with E-state index in [1.165, 1.54) is 11.3 Å². The summed E-state index contributed by atoms with van der Waals surface area (Å²) in [5.74, 6) is 0.368. The molecule has 136 valence electrons. The molecular formula is C20H17N3O3S. The normalized spacial score (nSPS) is 14.9. The van der Waals surface area contributed by atoms with Gasteiger partial charge < -0.3 is 15.4 Å². The zero-order chi connectivity index (χ0) is 18.6. The molecule has 0 spiro atoms. The van der Waals surface area contributed by atoms with E-state index in [9.17, 15) is 9.59 Å². The second kappa shape index (κ2) is 7.59. The summed E-state index contributed by atoms with van der Waals surface area (Å²) < 4.78 is 5.84. The first-order chi connectivity index (χ1) is 13.2. The Balaban J connectivity index is 1.36. The van der Waals surface area contributed by atoms with E-state index in [1.807, 2.05) is 24.3 Å². The highest BCUT2D eigenvalue weighted by Gasteiger charge is 2.24. The van der Waals surface area contributed by atoms with Crippen molar-refractivity contribution in [1.82, 2.24) is 10.3 Å². The molecule has 1 aromatic carbocycles. The lowest BCUT2D eigenvalue weighted by Crippen LogP contribution is -2.34. The van der Waals surface area contributed by atoms with E-state index in [0.29, 0.717) is 22.7 Å². The van der Waals surface area contributed by atoms with Gasteiger partial charge in [-0.05, 0) is 35.2 Å². The van der Waals surface area contributed by atoms with Crippen molar-refractivity contribution in [3.8, 4) is 5.75 Å². The fourth-order valence-electron chi connectivity index (χ4n) is 2.94. The first kappa shape index (κ1) is 17.2. The number of carbonyl (C=O) groups is 2. The molecular weight excluding hydrogens is 362 g/mol. The monoisotopic (exact) mass is 379 g/mol. The van der Waals surface area contributed by atoms with Crippen LogP contribution >= 0.6 is 11.3 Å². The van der Waals surface area contributed by atoms with Gasteiger partial charge in [-0.2, -0.15) is 0 Å². The highest BCUT2D eigenvalue weighted by atomic mass is 32.1. The molecule has 1 aliphatic heterocycles. The van der Waals surface area contributed by atoms with E-state index < -0.39 is 0 Å². The van der Waals surface area contributed by atoms with E-state index >= 15 is 0 Å². The Morgan fingerprint density at radius 3 is 2.74 bits per heavy atom. The van der Waals surface area contributed by atoms with Gasteiger partial charge in [-0.1, -0.05) is 18.2 Å². The SMILES string of the molecule is O=C(Nc1ccsc1C(=O)NCC1Cc2ccccc2O1)c1ccncc1. The van der Waals surface area contributed by atoms with Gasteiger partial charge >= 0.3 is 0 Å². The average Bonchev–Trinajstić information content (AvgIpc) is 3.33. The molecule has 0 saturated carbocycles. The summed E-state index contributed by atoms with van der Waals surface area (Å²) in [6.07, 6.45) is 3.79. The molecule has 0 saturated heterocycles. The summed E-state index contributed by atoms with van der Waals surface area (Å²) in [5.41, 5.74) is 2.13. The number of para-hydroxylation sites is 1. The third kappa shape index (κ3) is 3.83. The Hall–Kier alpha value is -3.19. The van der Waals surface area contributed by atoms with Gasteiger partial charge in [0.05, 0.1) is 12.2 Å². The zero-order valence-corrected chi connectivity index (χ0v) is 15.2. The molecule has 1 atom stereocenters. The Kier molecular flexibility index (Phi) is 4.84. The molecule has 3 heterocycles. The van der Waals surface area contributed by atoms with Crippen LogP contribution in [0.1, 0.15) is 25.6 Å². The van der Waals surface area contributed by atoms with Gasteiger partial charge in [-0.15, -0.1) is 11.3 Å². The van der Waals surface area contributed by atoms with Crippen molar-refractivity contribution >= 4 is 28.8 Å². The summed E-state index contributed by atoms with van der Waals surface area (Å²) in [7, 11) is 0. The van der Waals surface area contributed by atoms with Gasteiger partial charge in [0.25, 0.3) is 11.8 Å². The number of nitrogens with one attached hydrogen (secondary N) is 2. The minimum atomic E-state index is -0.278. The predicted octanol–water partition coefficient (Wildman–Crippen LogP) is 3.13. The lowest BCUT2D eigenvalue weighted by molar-refractivity contribution is 0.0938. The lowest BCUT2D eigenvalue weighted by atomic mass is 10.1. The molecule has 3 aromatic rings. The van der Waals surface area contributed by atoms with Crippen LogP contribution in [0.15, 0.2) is 60.2 Å². The molecule has 0 fully saturated rings. The Labute approximate surface area is 160 Å². The molecule has 7 heteroatoms. The Bertz CT molecular complexity index is 946. The first-order valence-corrected chi connectivity index (χ1v) is 9.40. The van der Waals surface area contributed by atoms with E-state index in [2.05, 4.69) is 15.6 Å². The van der Waals surface area contributed by atoms with Crippen LogP contribution < -0.4 is 15.4 Å². The van der Waals surface area contributed by atoms with E-state index in [-0.39, 0.29) is 17.9 Å². The number of benzene rings is 1. The topological polar surface area (TPSA) is 80.3 Å². The highest BCUT2D eigenvalue weighted by Crippen LogP contribution is 2.28. The number of nitrogens with zero attached hydrogens (tertiary/aromatic N) is 1. The summed E-state index contributed by atoms with van der Waals surface area (Å²) >= 11 is 1.28. The standard InChI is InChI=1S/C20H17N3O3S/c24-19(13-5-8-21-9-6-13)23-16-7-10-27-18(16)20(25)22-12-15-11-14-3-1-2-4-17(14)26-15/h1-10,15H,11-12H2,(H,22,25)(H,23,24). The van der Waals surface area contributed by atoms with Gasteiger partial charge in [0.15, 0.2) is 0 Å². The van der Waals surface area contributed by atoms with Crippen LogP contribution in [0.3, 0.4) is 0 Å². The number of hydrogen-bond acceptors (Lipinski definition) is 5. The first-order valence-electron chi connectivity index (χ1n) is 8.52. The maximum absolute atomic E-state index is 12.6. The summed E-state index contributed by atoms with van der Waals surface area (Å²) in [6, 6.07) is 12.8. The highest BCUT2D eigenvalue weighted by molar-refractivity contribution is 7.12. The number of amides is 2. The lowest BCUT2D eigenvalue weighted by Gasteiger charge is -2.12. The van der Waals surface area contributed by atoms with E-state index in [0.717, 1.165) is 17.7 Å². The largest absolute Gasteiger partial charge is 0.488 e. The molecule has 2 N–H and O–H groups in total. The molecule has 4 rings (SSSR count). The van der Waals surface area contributed by atoms with Crippen LogP contribution in [0, 0.1) is 0 Å². The van der Waals surface area contributed by atoms with Crippen molar-refractivity contribution in [3.05, 3.63) is 76.2 Å². The number of pyridine rings is 1. The van der Waals surface area contributed by atoms with Gasteiger partial charge in [0.1, 0.15) is 16.7 Å². The number of thiophene rings is 1. The molecule has 2 aromatic heterocycles. The van der Waals surface area contributed by atoms with Crippen molar-refractivity contribution < 1.29 is 14.3 Å². The summed E-state index contributed by atoms with van der Waals surface area (Å²) in [4.78, 5) is 29.2. The molecule has 0 aliphatic carbocycles. The number of fused-ring (bicyclic) bond motifs is 1. The molecule has 0 radical (unpaired) electrons. The van der Waals surface area contributed by atoms with Crippen LogP contribution in [0.2, 0.25) is 0 Å². The number of anilines is 1. The van der Waals surface area contributed by atoms with Crippen LogP contribution in [-0.4, -0.2) is 29.4 Å². The summed E-state index contributed by atoms with van der Waals surface area (Å²) in [5, 5.41) is 7.46. The third-order valence-electron chi connectivity index (χ3n) is 4.27. The van der Waals surface area contributed by atoms with Gasteiger partial charge in [0.2, 0.25) is 0 Å². The maximum Gasteiger partial charge on any atom is 0.263 e. The fourth-order valence-corrected chi connectivity index (χ4v) is 3.70. The number of hydrogen-bond donors (Lipinski definition) is 2. The molecule has 0 bridgehead atoms. The van der Waals surface area contributed by atoms with Crippen LogP contribution in [0.25, 0.3) is 0 Å². The average molecular weight is 379 g/mol. The molecule has 1 unspecified atom stereocenters. The summed E-state index contributed by atoms with van der Waals surface area (Å²) in [6.45, 7) is 0.406. The van der Waals surface area contributed by atoms with Crippen LogP contribution in [0.4, 0.5) is 5.69 Å². The quantitative estimate of drug-likeness (QED) is 0.714. The van der Waals surface area contributed by atoms with Gasteiger partial charge in [-0.3, -0.25) is 14.6 Å². The third-order valence-corrected chi connectivity index (χ3v) is 5.18. The number of ether oxygens (including phenoxy) is 1. The van der Waals surface area contributed by atoms with Gasteiger partial charge in [0, 0.05) is 24.4 Å². The number of rotatable bonds is 5. The van der Waals surface area contributed by atoms with E-state index in [1.54, 1.807) is 36.0 Å². The minimum absolute atomic E-state index is 0.0822. The van der Waals surface area contributed by atoms with Crippen molar-refractivity contribution in [3.63, 3.8) is 0 Å². The molecule has 1 aliphatic rings. The fraction of sp³-hybridized carbons (Fsp3) is 0.150. The minimum Gasteiger partial charge on any atom is -0.488 e. The predicted molar refractivity (Wildman–Crippen MR) is 103 cm³/mol. The van der Waals surface area contributed by atoms with Crippen molar-refractivity contribution in [2.45, 2.75) is 12.5 Å². The van der Waals surface area contributed by atoms with Gasteiger partial charge in [-0.25, -0.2) is 0 Å². The smallest absolute Gasteiger partial charge is 0.263 e. The number of aromatic nitrogens is 1. The van der Waals surface area contributed by atoms with Crippen molar-refractivity contribution in [2.75, 3.05) is 11.9 Å². The van der Waals surface area contributed by atoms with Crippen molar-refractivity contribution in [1.29, 1.82) is 0 Å². The molecule has 2 amide bonds. The second-order valence-electron chi connectivity index (χ2n) is 6.12. The van der Waals surface area contributed by atoms with Crippen LogP contribution in [0.5, 0.6) is 5.75 Å². The Morgan fingerprint density at radius 1 is 1.11 bits per heavy atom. The second-order valence-corrected chi connectivity index (χ2v) is 7.03. The van der Waals surface area contributed by atoms with Crippen LogP contribution in [-0.2, 0) is 6.42 Å².